The van der Waals surface area contributed by atoms with Crippen molar-refractivity contribution in [2.45, 2.75) is 19.0 Å². The van der Waals surface area contributed by atoms with E-state index in [1.54, 1.807) is 17.9 Å². The fraction of sp³-hybridized carbons (Fsp3) is 0.556. The monoisotopic (exact) mass is 273 g/mol. The fourth-order valence-electron chi connectivity index (χ4n) is 2.34. The molecule has 1 N–H and O–H groups in total. The number of sulfone groups is 1. The van der Waals surface area contributed by atoms with E-state index in [1.165, 1.54) is 0 Å². The Kier molecular flexibility index (Phi) is 2.21. The second-order valence-corrected chi connectivity index (χ2v) is 6.91. The number of nitrogens with zero attached hydrogens (tertiary/aromatic N) is 2. The van der Waals surface area contributed by atoms with Gasteiger partial charge in [0.2, 0.25) is 0 Å². The zero-order valence-corrected chi connectivity index (χ0v) is 10.7. The van der Waals surface area contributed by atoms with Gasteiger partial charge in [-0.1, -0.05) is 5.16 Å². The third kappa shape index (κ3) is 1.71. The maximum atomic E-state index is 11.6. The van der Waals surface area contributed by atoms with E-state index in [-0.39, 0.29) is 23.6 Å². The number of aromatic nitrogens is 1. The molecule has 3 heterocycles. The van der Waals surface area contributed by atoms with Crippen LogP contribution in [0.25, 0.3) is 0 Å². The zero-order valence-electron chi connectivity index (χ0n) is 9.08. The van der Waals surface area contributed by atoms with Crippen LogP contribution >= 0.6 is 12.2 Å². The number of hydrogen-bond acceptors (Lipinski definition) is 5. The van der Waals surface area contributed by atoms with Gasteiger partial charge >= 0.3 is 0 Å². The highest BCUT2D eigenvalue weighted by Gasteiger charge is 2.48. The van der Waals surface area contributed by atoms with E-state index in [0.717, 1.165) is 0 Å². The van der Waals surface area contributed by atoms with Crippen LogP contribution in [0.15, 0.2) is 10.6 Å². The maximum absolute atomic E-state index is 11.6. The van der Waals surface area contributed by atoms with Gasteiger partial charge < -0.3 is 9.84 Å². The SMILES string of the molecule is Cc1cc(N2C(=S)N[C@H]3CS(=O)(=O)C[C@@H]32)no1. The molecule has 0 aromatic carbocycles. The molecule has 2 saturated heterocycles. The van der Waals surface area contributed by atoms with Gasteiger partial charge in [-0.05, 0) is 19.1 Å². The second kappa shape index (κ2) is 3.42. The lowest BCUT2D eigenvalue weighted by atomic mass is 10.2. The van der Waals surface area contributed by atoms with Gasteiger partial charge in [0.05, 0.1) is 23.6 Å². The Labute approximate surface area is 104 Å². The van der Waals surface area contributed by atoms with Gasteiger partial charge in [0.1, 0.15) is 5.76 Å². The van der Waals surface area contributed by atoms with Crippen molar-refractivity contribution in [1.82, 2.24) is 10.5 Å². The minimum Gasteiger partial charge on any atom is -0.360 e. The van der Waals surface area contributed by atoms with E-state index in [4.69, 9.17) is 16.7 Å². The first-order valence-electron chi connectivity index (χ1n) is 5.20. The molecule has 0 bridgehead atoms. The Morgan fingerprint density at radius 3 is 3.00 bits per heavy atom. The molecule has 8 heteroatoms. The Hall–Kier alpha value is -1.15. The largest absolute Gasteiger partial charge is 0.360 e. The van der Waals surface area contributed by atoms with Gasteiger partial charge in [0.25, 0.3) is 0 Å². The van der Waals surface area contributed by atoms with Gasteiger partial charge in [0, 0.05) is 6.07 Å². The van der Waals surface area contributed by atoms with Crippen LogP contribution in [0.3, 0.4) is 0 Å². The van der Waals surface area contributed by atoms with E-state index in [0.29, 0.717) is 16.7 Å². The molecule has 2 atom stereocenters. The molecule has 3 rings (SSSR count). The summed E-state index contributed by atoms with van der Waals surface area (Å²) in [5.41, 5.74) is 0. The lowest BCUT2D eigenvalue weighted by Crippen LogP contribution is -2.37. The summed E-state index contributed by atoms with van der Waals surface area (Å²) in [4.78, 5) is 1.74. The highest BCUT2D eigenvalue weighted by Crippen LogP contribution is 2.29. The van der Waals surface area contributed by atoms with Crippen LogP contribution in [0, 0.1) is 6.92 Å². The minimum absolute atomic E-state index is 0.108. The highest BCUT2D eigenvalue weighted by atomic mass is 32.2. The van der Waals surface area contributed by atoms with Crippen LogP contribution < -0.4 is 10.2 Å². The molecule has 2 aliphatic rings. The smallest absolute Gasteiger partial charge is 0.178 e. The minimum atomic E-state index is -2.99. The standard InChI is InChI=1S/C9H11N3O3S2/c1-5-2-8(11-15-5)12-7-4-17(13,14)3-6(7)10-9(12)16/h2,6-7H,3-4H2,1H3,(H,10,16)/t6-,7-/m0/s1. The molecule has 0 unspecified atom stereocenters. The van der Waals surface area contributed by atoms with Gasteiger partial charge in [0.15, 0.2) is 20.8 Å². The molecule has 6 nitrogen and oxygen atoms in total. The number of rotatable bonds is 1. The van der Waals surface area contributed by atoms with Gasteiger partial charge in [-0.3, -0.25) is 4.90 Å². The van der Waals surface area contributed by atoms with E-state index < -0.39 is 9.84 Å². The second-order valence-electron chi connectivity index (χ2n) is 4.37. The Balaban J connectivity index is 1.97. The van der Waals surface area contributed by atoms with Crippen molar-refractivity contribution in [2.24, 2.45) is 0 Å². The van der Waals surface area contributed by atoms with E-state index in [2.05, 4.69) is 10.5 Å². The topological polar surface area (TPSA) is 75.4 Å². The lowest BCUT2D eigenvalue weighted by molar-refractivity contribution is 0.397. The average Bonchev–Trinajstić information content (AvgIpc) is 2.78. The van der Waals surface area contributed by atoms with Crippen LogP contribution in [0.2, 0.25) is 0 Å². The normalized spacial score (nSPS) is 30.4. The molecule has 2 aliphatic heterocycles. The summed E-state index contributed by atoms with van der Waals surface area (Å²) in [5.74, 6) is 1.48. The molecule has 0 spiro atoms. The Morgan fingerprint density at radius 1 is 1.59 bits per heavy atom. The summed E-state index contributed by atoms with van der Waals surface area (Å²) in [6, 6.07) is 1.45. The predicted octanol–water partition coefficient (Wildman–Crippen LogP) is -0.157. The number of anilines is 1. The summed E-state index contributed by atoms with van der Waals surface area (Å²) in [6.07, 6.45) is 0. The van der Waals surface area contributed by atoms with E-state index >= 15 is 0 Å². The van der Waals surface area contributed by atoms with Crippen LogP contribution in [-0.2, 0) is 9.84 Å². The van der Waals surface area contributed by atoms with E-state index in [1.807, 2.05) is 0 Å². The molecule has 2 fully saturated rings. The van der Waals surface area contributed by atoms with Crippen molar-refractivity contribution in [2.75, 3.05) is 16.4 Å². The summed E-state index contributed by atoms with van der Waals surface area (Å²) in [7, 11) is -2.99. The van der Waals surface area contributed by atoms with Crippen LogP contribution in [0.4, 0.5) is 5.82 Å². The molecular weight excluding hydrogens is 262 g/mol. The van der Waals surface area contributed by atoms with Crippen molar-refractivity contribution in [1.29, 1.82) is 0 Å². The third-order valence-electron chi connectivity index (χ3n) is 3.04. The molecule has 1 aromatic rings. The Morgan fingerprint density at radius 2 is 2.35 bits per heavy atom. The van der Waals surface area contributed by atoms with Gasteiger partial charge in [-0.25, -0.2) is 8.42 Å². The lowest BCUT2D eigenvalue weighted by Gasteiger charge is -2.19. The highest BCUT2D eigenvalue weighted by molar-refractivity contribution is 7.91. The number of fused-ring (bicyclic) bond motifs is 1. The van der Waals surface area contributed by atoms with Crippen LogP contribution in [0.5, 0.6) is 0 Å². The molecule has 0 saturated carbocycles. The summed E-state index contributed by atoms with van der Waals surface area (Å²) >= 11 is 5.20. The third-order valence-corrected chi connectivity index (χ3v) is 5.08. The first kappa shape index (κ1) is 11.0. The molecular formula is C9H11N3O3S2. The number of aryl methyl sites for hydroxylation is 1. The first-order chi connectivity index (χ1) is 7.96. The van der Waals surface area contributed by atoms with Crippen molar-refractivity contribution in [3.8, 4) is 0 Å². The van der Waals surface area contributed by atoms with Crippen molar-refractivity contribution < 1.29 is 12.9 Å². The first-order valence-corrected chi connectivity index (χ1v) is 7.43. The van der Waals surface area contributed by atoms with Crippen molar-refractivity contribution >= 4 is 33.0 Å². The molecule has 0 radical (unpaired) electrons. The molecule has 1 aromatic heterocycles. The Bertz CT molecular complexity index is 580. The van der Waals surface area contributed by atoms with Gasteiger partial charge in [-0.2, -0.15) is 0 Å². The zero-order chi connectivity index (χ0) is 12.2. The van der Waals surface area contributed by atoms with Crippen LogP contribution in [-0.4, -0.2) is 42.3 Å². The summed E-state index contributed by atoms with van der Waals surface area (Å²) in [5, 5.41) is 7.43. The van der Waals surface area contributed by atoms with Crippen LogP contribution in [0.1, 0.15) is 5.76 Å². The molecule has 92 valence electrons. The average molecular weight is 273 g/mol. The van der Waals surface area contributed by atoms with Gasteiger partial charge in [-0.15, -0.1) is 0 Å². The number of hydrogen-bond donors (Lipinski definition) is 1. The number of nitrogens with one attached hydrogen (secondary N) is 1. The van der Waals surface area contributed by atoms with Crippen molar-refractivity contribution in [3.63, 3.8) is 0 Å². The maximum Gasteiger partial charge on any atom is 0.178 e. The predicted molar refractivity (Wildman–Crippen MR) is 65.7 cm³/mol. The quantitative estimate of drug-likeness (QED) is 0.713. The molecule has 0 aliphatic carbocycles. The fourth-order valence-corrected chi connectivity index (χ4v) is 4.61. The van der Waals surface area contributed by atoms with Crippen molar-refractivity contribution in [3.05, 3.63) is 11.8 Å². The summed E-state index contributed by atoms with van der Waals surface area (Å²) in [6.45, 7) is 1.78. The molecule has 17 heavy (non-hydrogen) atoms. The van der Waals surface area contributed by atoms with E-state index in [9.17, 15) is 8.42 Å². The number of thiocarbonyl (C=S) groups is 1. The molecule has 0 amide bonds. The summed E-state index contributed by atoms with van der Waals surface area (Å²) < 4.78 is 28.2.